The second-order valence-electron chi connectivity index (χ2n) is 8.95. The summed E-state index contributed by atoms with van der Waals surface area (Å²) in [5.74, 6) is 0.392. The Kier molecular flexibility index (Phi) is 6.68. The summed E-state index contributed by atoms with van der Waals surface area (Å²) in [4.78, 5) is 27.7. The first-order valence-electron chi connectivity index (χ1n) is 12.0. The van der Waals surface area contributed by atoms with E-state index in [2.05, 4.69) is 5.10 Å². The molecule has 0 unspecified atom stereocenters. The molecule has 3 heterocycles. The first-order chi connectivity index (χ1) is 17.0. The van der Waals surface area contributed by atoms with Crippen molar-refractivity contribution in [2.24, 2.45) is 11.0 Å². The van der Waals surface area contributed by atoms with Crippen LogP contribution in [0.1, 0.15) is 43.4 Å². The number of hydrogen-bond acceptors (Lipinski definition) is 7. The average molecular weight is 482 g/mol. The average Bonchev–Trinajstić information content (AvgIpc) is 3.52. The van der Waals surface area contributed by atoms with Gasteiger partial charge in [0.25, 0.3) is 5.91 Å². The highest BCUT2D eigenvalue weighted by Crippen LogP contribution is 2.39. The number of piperidine rings is 1. The van der Waals surface area contributed by atoms with E-state index in [0.717, 1.165) is 30.5 Å². The molecule has 35 heavy (non-hydrogen) atoms. The number of esters is 1. The van der Waals surface area contributed by atoms with E-state index in [4.69, 9.17) is 14.2 Å². The van der Waals surface area contributed by atoms with Crippen molar-refractivity contribution in [1.29, 1.82) is 0 Å². The fourth-order valence-corrected chi connectivity index (χ4v) is 4.85. The number of likely N-dealkylation sites (tertiary alicyclic amines) is 1. The lowest BCUT2D eigenvalue weighted by molar-refractivity contribution is -0.150. The Morgan fingerprint density at radius 3 is 2.74 bits per heavy atom. The lowest BCUT2D eigenvalue weighted by atomic mass is 9.97. The van der Waals surface area contributed by atoms with E-state index in [1.54, 1.807) is 19.1 Å². The lowest BCUT2D eigenvalue weighted by Gasteiger charge is -2.32. The number of halogens is 1. The molecule has 0 radical (unpaired) electrons. The zero-order valence-corrected chi connectivity index (χ0v) is 19.6. The quantitative estimate of drug-likeness (QED) is 0.588. The predicted molar refractivity (Wildman–Crippen MR) is 126 cm³/mol. The SMILES string of the molecule is CCOC(=O)[C@@H]1CCCN(CC(=O)N2N=C(c3ccc(F)cc3)C[C@H]2c2ccc3c(c2)OCO3)C1. The molecule has 0 aromatic heterocycles. The minimum Gasteiger partial charge on any atom is -0.466 e. The van der Waals surface area contributed by atoms with Crippen LogP contribution in [0.15, 0.2) is 47.6 Å². The van der Waals surface area contributed by atoms with E-state index in [9.17, 15) is 14.0 Å². The molecule has 0 aliphatic carbocycles. The number of carbonyl (C=O) groups is 2. The third-order valence-corrected chi connectivity index (χ3v) is 6.61. The van der Waals surface area contributed by atoms with E-state index in [1.807, 2.05) is 23.1 Å². The van der Waals surface area contributed by atoms with Crippen LogP contribution < -0.4 is 9.47 Å². The van der Waals surface area contributed by atoms with E-state index in [-0.39, 0.29) is 43.0 Å². The van der Waals surface area contributed by atoms with Crippen molar-refractivity contribution in [2.45, 2.75) is 32.2 Å². The zero-order valence-electron chi connectivity index (χ0n) is 19.6. The van der Waals surface area contributed by atoms with E-state index >= 15 is 0 Å². The van der Waals surface area contributed by atoms with Crippen LogP contribution in [0.5, 0.6) is 11.5 Å². The summed E-state index contributed by atoms with van der Waals surface area (Å²) in [6.45, 7) is 3.68. The predicted octanol–water partition coefficient (Wildman–Crippen LogP) is 3.51. The summed E-state index contributed by atoms with van der Waals surface area (Å²) in [6.07, 6.45) is 2.08. The van der Waals surface area contributed by atoms with Crippen LogP contribution in [0, 0.1) is 11.7 Å². The van der Waals surface area contributed by atoms with E-state index in [1.165, 1.54) is 17.1 Å². The Labute approximate surface area is 203 Å². The van der Waals surface area contributed by atoms with Crippen molar-refractivity contribution in [1.82, 2.24) is 9.91 Å². The summed E-state index contributed by atoms with van der Waals surface area (Å²) in [5, 5.41) is 6.19. The molecule has 0 spiro atoms. The van der Waals surface area contributed by atoms with Gasteiger partial charge in [-0.2, -0.15) is 5.10 Å². The molecule has 0 N–H and O–H groups in total. The molecule has 1 saturated heterocycles. The van der Waals surface area contributed by atoms with Crippen LogP contribution >= 0.6 is 0 Å². The third kappa shape index (κ3) is 5.00. The summed E-state index contributed by atoms with van der Waals surface area (Å²) in [5.41, 5.74) is 2.36. The van der Waals surface area contributed by atoms with Gasteiger partial charge in [-0.15, -0.1) is 0 Å². The number of carbonyl (C=O) groups excluding carboxylic acids is 2. The van der Waals surface area contributed by atoms with Crippen LogP contribution in [-0.2, 0) is 14.3 Å². The van der Waals surface area contributed by atoms with Gasteiger partial charge in [-0.25, -0.2) is 9.40 Å². The molecule has 5 rings (SSSR count). The number of hydrogen-bond donors (Lipinski definition) is 0. The van der Waals surface area contributed by atoms with Crippen molar-refractivity contribution in [2.75, 3.05) is 33.0 Å². The van der Waals surface area contributed by atoms with Gasteiger partial charge in [-0.1, -0.05) is 18.2 Å². The smallest absolute Gasteiger partial charge is 0.310 e. The molecule has 2 aromatic rings. The van der Waals surface area contributed by atoms with Gasteiger partial charge in [0.1, 0.15) is 5.82 Å². The molecule has 9 heteroatoms. The van der Waals surface area contributed by atoms with Gasteiger partial charge in [0.05, 0.1) is 30.8 Å². The highest BCUT2D eigenvalue weighted by Gasteiger charge is 2.36. The lowest BCUT2D eigenvalue weighted by Crippen LogP contribution is -2.44. The fraction of sp³-hybridized carbons (Fsp3) is 0.423. The van der Waals surface area contributed by atoms with Crippen molar-refractivity contribution in [3.05, 3.63) is 59.4 Å². The molecule has 0 saturated carbocycles. The maximum Gasteiger partial charge on any atom is 0.310 e. The maximum absolute atomic E-state index is 13.5. The topological polar surface area (TPSA) is 80.7 Å². The third-order valence-electron chi connectivity index (χ3n) is 6.61. The van der Waals surface area contributed by atoms with Crippen LogP contribution in [0.2, 0.25) is 0 Å². The fourth-order valence-electron chi connectivity index (χ4n) is 4.85. The van der Waals surface area contributed by atoms with Crippen LogP contribution in [0.4, 0.5) is 4.39 Å². The number of rotatable bonds is 6. The molecule has 8 nitrogen and oxygen atoms in total. The van der Waals surface area contributed by atoms with Crippen molar-refractivity contribution in [3.63, 3.8) is 0 Å². The van der Waals surface area contributed by atoms with Gasteiger partial charge in [-0.05, 0) is 61.7 Å². The summed E-state index contributed by atoms with van der Waals surface area (Å²) >= 11 is 0. The van der Waals surface area contributed by atoms with Gasteiger partial charge in [-0.3, -0.25) is 14.5 Å². The molecule has 3 aliphatic rings. The molecule has 2 atom stereocenters. The summed E-state index contributed by atoms with van der Waals surface area (Å²) < 4.78 is 29.6. The standard InChI is InChI=1S/C26H28FN3O5/c1-2-33-26(32)19-4-3-11-29(14-19)15-25(31)30-22(18-7-10-23-24(12-18)35-16-34-23)13-21(28-30)17-5-8-20(27)9-6-17/h5-10,12,19,22H,2-4,11,13-16H2,1H3/t19-,22+/m1/s1. The minimum atomic E-state index is -0.331. The van der Waals surface area contributed by atoms with E-state index in [0.29, 0.717) is 36.8 Å². The monoisotopic (exact) mass is 481 g/mol. The highest BCUT2D eigenvalue weighted by atomic mass is 19.1. The van der Waals surface area contributed by atoms with Gasteiger partial charge in [0, 0.05) is 13.0 Å². The summed E-state index contributed by atoms with van der Waals surface area (Å²) in [6, 6.07) is 11.4. The second kappa shape index (κ2) is 10.0. The van der Waals surface area contributed by atoms with Gasteiger partial charge < -0.3 is 14.2 Å². The van der Waals surface area contributed by atoms with Crippen molar-refractivity contribution >= 4 is 17.6 Å². The molecule has 1 amide bonds. The van der Waals surface area contributed by atoms with Gasteiger partial charge >= 0.3 is 5.97 Å². The Morgan fingerprint density at radius 2 is 1.94 bits per heavy atom. The van der Waals surface area contributed by atoms with Crippen molar-refractivity contribution in [3.8, 4) is 11.5 Å². The molecule has 184 valence electrons. The van der Waals surface area contributed by atoms with Crippen molar-refractivity contribution < 1.29 is 28.2 Å². The largest absolute Gasteiger partial charge is 0.466 e. The second-order valence-corrected chi connectivity index (χ2v) is 8.95. The Balaban J connectivity index is 1.37. The van der Waals surface area contributed by atoms with E-state index < -0.39 is 0 Å². The van der Waals surface area contributed by atoms with Gasteiger partial charge in [0.2, 0.25) is 6.79 Å². The Morgan fingerprint density at radius 1 is 1.14 bits per heavy atom. The molecule has 1 fully saturated rings. The highest BCUT2D eigenvalue weighted by molar-refractivity contribution is 6.03. The molecule has 0 bridgehead atoms. The minimum absolute atomic E-state index is 0.150. The molecule has 3 aliphatic heterocycles. The first kappa shape index (κ1) is 23.3. The number of fused-ring (bicyclic) bond motifs is 1. The molecule has 2 aromatic carbocycles. The number of amides is 1. The number of nitrogens with zero attached hydrogens (tertiary/aromatic N) is 3. The summed E-state index contributed by atoms with van der Waals surface area (Å²) in [7, 11) is 0. The van der Waals surface area contributed by atoms with Crippen LogP contribution in [0.25, 0.3) is 0 Å². The maximum atomic E-state index is 13.5. The molecular formula is C26H28FN3O5. The van der Waals surface area contributed by atoms with Gasteiger partial charge in [0.15, 0.2) is 11.5 Å². The Bertz CT molecular complexity index is 1140. The normalized spacial score (nSPS) is 21.7. The van der Waals surface area contributed by atoms with Crippen LogP contribution in [0.3, 0.4) is 0 Å². The zero-order chi connectivity index (χ0) is 24.4. The number of benzene rings is 2. The molecular weight excluding hydrogens is 453 g/mol. The Hall–Kier alpha value is -3.46. The first-order valence-corrected chi connectivity index (χ1v) is 12.0. The van der Waals surface area contributed by atoms with Crippen LogP contribution in [-0.4, -0.2) is 60.5 Å². The number of ether oxygens (including phenoxy) is 3. The number of hydrazone groups is 1.